The van der Waals surface area contributed by atoms with Crippen molar-refractivity contribution in [3.05, 3.63) is 23.9 Å². The van der Waals surface area contributed by atoms with Crippen LogP contribution < -0.4 is 11.1 Å². The number of hydrogen-bond donors (Lipinski definition) is 2. The lowest BCUT2D eigenvalue weighted by Crippen LogP contribution is -2.35. The molecule has 5 heteroatoms. The molecular weight excluding hydrogens is 252 g/mol. The van der Waals surface area contributed by atoms with Gasteiger partial charge in [-0.05, 0) is 51.8 Å². The number of nitrogens with two attached hydrogens (primary N) is 1. The third-order valence-electron chi connectivity index (χ3n) is 3.72. The molecule has 0 saturated carbocycles. The van der Waals surface area contributed by atoms with Gasteiger partial charge in [0.2, 0.25) is 0 Å². The Morgan fingerprint density at radius 1 is 1.60 bits per heavy atom. The quantitative estimate of drug-likeness (QED) is 0.878. The predicted molar refractivity (Wildman–Crippen MR) is 80.7 cm³/mol. The van der Waals surface area contributed by atoms with E-state index in [1.807, 2.05) is 24.8 Å². The fourth-order valence-corrected chi connectivity index (χ4v) is 2.72. The minimum absolute atomic E-state index is 0.0460. The summed E-state index contributed by atoms with van der Waals surface area (Å²) in [5, 5.41) is 3.23. The minimum Gasteiger partial charge on any atom is -0.367 e. The smallest absolute Gasteiger partial charge is 0.257 e. The van der Waals surface area contributed by atoms with E-state index in [1.54, 1.807) is 12.3 Å². The van der Waals surface area contributed by atoms with Crippen LogP contribution in [-0.4, -0.2) is 41.0 Å². The number of aromatic nitrogens is 1. The Hall–Kier alpha value is -1.62. The number of nitrogens with zero attached hydrogens (tertiary/aromatic N) is 2. The molecule has 1 fully saturated rings. The van der Waals surface area contributed by atoms with Crippen molar-refractivity contribution >= 4 is 11.7 Å². The molecule has 3 N–H and O–H groups in total. The molecule has 5 nitrogen and oxygen atoms in total. The summed E-state index contributed by atoms with van der Waals surface area (Å²) >= 11 is 0. The number of anilines is 1. The zero-order valence-corrected chi connectivity index (χ0v) is 12.5. The molecule has 0 aromatic carbocycles. The van der Waals surface area contributed by atoms with E-state index in [2.05, 4.69) is 17.2 Å². The fourth-order valence-electron chi connectivity index (χ4n) is 2.72. The van der Waals surface area contributed by atoms with Gasteiger partial charge in [0, 0.05) is 24.8 Å². The van der Waals surface area contributed by atoms with Crippen molar-refractivity contribution in [2.75, 3.05) is 18.4 Å². The first-order chi connectivity index (χ1) is 9.52. The molecule has 1 saturated heterocycles. The third-order valence-corrected chi connectivity index (χ3v) is 3.72. The van der Waals surface area contributed by atoms with E-state index in [9.17, 15) is 4.79 Å². The van der Waals surface area contributed by atoms with E-state index in [-0.39, 0.29) is 18.0 Å². The first kappa shape index (κ1) is 14.8. The van der Waals surface area contributed by atoms with Crippen molar-refractivity contribution in [1.29, 1.82) is 0 Å². The Morgan fingerprint density at radius 2 is 2.35 bits per heavy atom. The lowest BCUT2D eigenvalue weighted by Gasteiger charge is -2.23. The molecule has 2 heterocycles. The van der Waals surface area contributed by atoms with Gasteiger partial charge in [0.25, 0.3) is 5.91 Å². The lowest BCUT2D eigenvalue weighted by atomic mass is 10.1. The molecule has 1 aromatic rings. The number of carbonyl (C=O) groups excluding carboxylic acids is 1. The molecule has 1 amide bonds. The van der Waals surface area contributed by atoms with Crippen LogP contribution in [0.3, 0.4) is 0 Å². The lowest BCUT2D eigenvalue weighted by molar-refractivity contribution is 0.0744. The molecule has 0 bridgehead atoms. The molecular formula is C15H24N4O. The van der Waals surface area contributed by atoms with Crippen LogP contribution in [0.1, 0.15) is 37.6 Å². The number of rotatable bonds is 4. The number of hydrogen-bond acceptors (Lipinski definition) is 4. The Kier molecular flexibility index (Phi) is 4.60. The molecule has 2 atom stereocenters. The van der Waals surface area contributed by atoms with Crippen molar-refractivity contribution in [2.24, 2.45) is 11.7 Å². The molecule has 20 heavy (non-hydrogen) atoms. The molecule has 1 aromatic heterocycles. The molecule has 0 spiro atoms. The topological polar surface area (TPSA) is 71.2 Å². The van der Waals surface area contributed by atoms with Crippen LogP contribution in [0.15, 0.2) is 18.3 Å². The zero-order valence-electron chi connectivity index (χ0n) is 12.5. The number of likely N-dealkylation sites (tertiary alicyclic amines) is 1. The fraction of sp³-hybridized carbons (Fsp3) is 0.600. The second-order valence-corrected chi connectivity index (χ2v) is 5.84. The Balaban J connectivity index is 2.21. The van der Waals surface area contributed by atoms with Gasteiger partial charge in [-0.2, -0.15) is 0 Å². The summed E-state index contributed by atoms with van der Waals surface area (Å²) < 4.78 is 0. The van der Waals surface area contributed by atoms with E-state index >= 15 is 0 Å². The Labute approximate surface area is 120 Å². The van der Waals surface area contributed by atoms with Gasteiger partial charge in [0.05, 0.1) is 5.56 Å². The highest BCUT2D eigenvalue weighted by atomic mass is 16.2. The van der Waals surface area contributed by atoms with Crippen molar-refractivity contribution in [3.63, 3.8) is 0 Å². The molecule has 2 unspecified atom stereocenters. The molecule has 110 valence electrons. The van der Waals surface area contributed by atoms with Crippen LogP contribution in [0.5, 0.6) is 0 Å². The molecule has 0 aliphatic carbocycles. The summed E-state index contributed by atoms with van der Waals surface area (Å²) in [6, 6.07) is 4.12. The van der Waals surface area contributed by atoms with Crippen molar-refractivity contribution in [1.82, 2.24) is 9.88 Å². The maximum atomic E-state index is 12.7. The first-order valence-electron chi connectivity index (χ1n) is 7.25. The Morgan fingerprint density at radius 3 is 2.95 bits per heavy atom. The average Bonchev–Trinajstić information content (AvgIpc) is 2.79. The number of pyridine rings is 1. The number of nitrogens with one attached hydrogen (secondary N) is 1. The Bertz CT molecular complexity index is 475. The zero-order chi connectivity index (χ0) is 14.7. The van der Waals surface area contributed by atoms with Gasteiger partial charge in [-0.3, -0.25) is 4.79 Å². The summed E-state index contributed by atoms with van der Waals surface area (Å²) in [6.45, 7) is 7.53. The van der Waals surface area contributed by atoms with Crippen molar-refractivity contribution in [3.8, 4) is 0 Å². The van der Waals surface area contributed by atoms with Crippen LogP contribution in [0.2, 0.25) is 0 Å². The average molecular weight is 276 g/mol. The van der Waals surface area contributed by atoms with E-state index in [4.69, 9.17) is 5.73 Å². The number of amides is 1. The van der Waals surface area contributed by atoms with Gasteiger partial charge in [0.15, 0.2) is 0 Å². The van der Waals surface area contributed by atoms with Crippen LogP contribution in [0.4, 0.5) is 5.82 Å². The SMILES string of the molecule is CC(C)Nc1ncccc1C(=O)N1CC(CN)CC1C. The summed E-state index contributed by atoms with van der Waals surface area (Å²) in [4.78, 5) is 18.9. The first-order valence-corrected chi connectivity index (χ1v) is 7.25. The summed E-state index contributed by atoms with van der Waals surface area (Å²) in [7, 11) is 0. The second kappa shape index (κ2) is 6.22. The van der Waals surface area contributed by atoms with Gasteiger partial charge in [0.1, 0.15) is 5.82 Å². The maximum Gasteiger partial charge on any atom is 0.257 e. The van der Waals surface area contributed by atoms with Gasteiger partial charge < -0.3 is 16.0 Å². The normalized spacial score (nSPS) is 22.4. The van der Waals surface area contributed by atoms with Crippen LogP contribution in [-0.2, 0) is 0 Å². The maximum absolute atomic E-state index is 12.7. The van der Waals surface area contributed by atoms with E-state index in [0.29, 0.717) is 23.8 Å². The van der Waals surface area contributed by atoms with Crippen LogP contribution >= 0.6 is 0 Å². The molecule has 2 rings (SSSR count). The second-order valence-electron chi connectivity index (χ2n) is 5.84. The van der Waals surface area contributed by atoms with Gasteiger partial charge in [-0.15, -0.1) is 0 Å². The minimum atomic E-state index is 0.0460. The highest BCUT2D eigenvalue weighted by Crippen LogP contribution is 2.26. The predicted octanol–water partition coefficient (Wildman–Crippen LogP) is 1.71. The largest absolute Gasteiger partial charge is 0.367 e. The monoisotopic (exact) mass is 276 g/mol. The van der Waals surface area contributed by atoms with Crippen LogP contribution in [0, 0.1) is 5.92 Å². The van der Waals surface area contributed by atoms with Gasteiger partial charge in [-0.1, -0.05) is 0 Å². The van der Waals surface area contributed by atoms with Crippen molar-refractivity contribution in [2.45, 2.75) is 39.3 Å². The van der Waals surface area contributed by atoms with E-state index in [0.717, 1.165) is 13.0 Å². The summed E-state index contributed by atoms with van der Waals surface area (Å²) in [6.07, 6.45) is 2.69. The summed E-state index contributed by atoms with van der Waals surface area (Å²) in [5.74, 6) is 1.12. The number of carbonyl (C=O) groups is 1. The summed E-state index contributed by atoms with van der Waals surface area (Å²) in [5.41, 5.74) is 6.37. The molecule has 1 aliphatic heterocycles. The van der Waals surface area contributed by atoms with Crippen molar-refractivity contribution < 1.29 is 4.79 Å². The highest BCUT2D eigenvalue weighted by Gasteiger charge is 2.33. The highest BCUT2D eigenvalue weighted by molar-refractivity contribution is 5.99. The van der Waals surface area contributed by atoms with E-state index < -0.39 is 0 Å². The standard InChI is InChI=1S/C15H24N4O/c1-10(2)18-14-13(5-4-6-17-14)15(20)19-9-12(8-16)7-11(19)3/h4-6,10-12H,7-9,16H2,1-3H3,(H,17,18). The van der Waals surface area contributed by atoms with E-state index in [1.165, 1.54) is 0 Å². The van der Waals surface area contributed by atoms with Gasteiger partial charge >= 0.3 is 0 Å². The van der Waals surface area contributed by atoms with Crippen LogP contribution in [0.25, 0.3) is 0 Å². The van der Waals surface area contributed by atoms with Gasteiger partial charge in [-0.25, -0.2) is 4.98 Å². The molecule has 1 aliphatic rings. The molecule has 0 radical (unpaired) electrons. The third kappa shape index (κ3) is 3.10.